The lowest BCUT2D eigenvalue weighted by atomic mass is 9.64. The zero-order valence-electron chi connectivity index (χ0n) is 12.2. The minimum Gasteiger partial charge on any atom is -0.316 e. The smallest absolute Gasteiger partial charge is 0.123 e. The van der Waals surface area contributed by atoms with E-state index in [1.54, 1.807) is 12.1 Å². The molecule has 2 atom stereocenters. The number of piperidine rings is 1. The molecule has 1 nitrogen and oxygen atoms in total. The predicted molar refractivity (Wildman–Crippen MR) is 78.9 cm³/mol. The Balaban J connectivity index is 2.27. The van der Waals surface area contributed by atoms with Gasteiger partial charge >= 0.3 is 0 Å². The Hall–Kier alpha value is -0.890. The van der Waals surface area contributed by atoms with Gasteiger partial charge < -0.3 is 5.32 Å². The molecule has 1 saturated heterocycles. The lowest BCUT2D eigenvalue weighted by Crippen LogP contribution is -2.43. The number of hydrogen-bond acceptors (Lipinski definition) is 1. The second-order valence-electron chi connectivity index (χ2n) is 5.88. The molecule has 106 valence electrons. The summed E-state index contributed by atoms with van der Waals surface area (Å²) in [6, 6.07) is 7.21. The fourth-order valence-corrected chi connectivity index (χ4v) is 3.60. The second kappa shape index (κ2) is 6.51. The fraction of sp³-hybridized carbons (Fsp3) is 0.647. The average Bonchev–Trinajstić information content (AvgIpc) is 2.45. The van der Waals surface area contributed by atoms with Crippen LogP contribution in [-0.2, 0) is 0 Å². The van der Waals surface area contributed by atoms with E-state index in [0.29, 0.717) is 11.3 Å². The molecule has 0 saturated carbocycles. The maximum absolute atomic E-state index is 13.5. The molecule has 1 aliphatic heterocycles. The van der Waals surface area contributed by atoms with Crippen molar-refractivity contribution in [1.82, 2.24) is 5.32 Å². The number of unbranched alkanes of at least 4 members (excludes halogenated alkanes) is 1. The van der Waals surface area contributed by atoms with Gasteiger partial charge in [-0.1, -0.05) is 38.8 Å². The molecule has 0 amide bonds. The van der Waals surface area contributed by atoms with Crippen LogP contribution in [0.5, 0.6) is 0 Å². The van der Waals surface area contributed by atoms with Crippen LogP contribution in [0.1, 0.15) is 57.4 Å². The Labute approximate surface area is 116 Å². The molecule has 1 aromatic rings. The summed E-state index contributed by atoms with van der Waals surface area (Å²) in [6.07, 6.45) is 6.19. The van der Waals surface area contributed by atoms with Gasteiger partial charge in [0.25, 0.3) is 0 Å². The summed E-state index contributed by atoms with van der Waals surface area (Å²) >= 11 is 0. The number of hydrogen-bond donors (Lipinski definition) is 1. The van der Waals surface area contributed by atoms with Gasteiger partial charge in [0.15, 0.2) is 0 Å². The van der Waals surface area contributed by atoms with E-state index in [1.807, 2.05) is 6.07 Å². The first-order valence-electron chi connectivity index (χ1n) is 7.68. The van der Waals surface area contributed by atoms with Crippen LogP contribution in [0, 0.1) is 11.2 Å². The molecule has 1 aliphatic rings. The highest BCUT2D eigenvalue weighted by molar-refractivity contribution is 5.24. The minimum atomic E-state index is -0.108. The summed E-state index contributed by atoms with van der Waals surface area (Å²) in [6.45, 7) is 6.64. The van der Waals surface area contributed by atoms with Gasteiger partial charge in [0.05, 0.1) is 0 Å². The summed E-state index contributed by atoms with van der Waals surface area (Å²) in [4.78, 5) is 0. The molecule has 0 aromatic heterocycles. The molecule has 19 heavy (non-hydrogen) atoms. The SMILES string of the molecule is CCCCC1(CC)CCNCC1c1cccc(F)c1. The third-order valence-electron chi connectivity index (χ3n) is 4.87. The molecule has 0 bridgehead atoms. The molecule has 1 heterocycles. The first-order chi connectivity index (χ1) is 9.22. The molecule has 0 spiro atoms. The third kappa shape index (κ3) is 3.17. The van der Waals surface area contributed by atoms with Gasteiger partial charge in [0.1, 0.15) is 5.82 Å². The standard InChI is InChI=1S/C17H26FN/c1-3-5-9-17(4-2)10-11-19-13-16(17)14-7-6-8-15(18)12-14/h6-8,12,16,19H,3-5,9-11,13H2,1-2H3. The van der Waals surface area contributed by atoms with Crippen molar-refractivity contribution < 1.29 is 4.39 Å². The largest absolute Gasteiger partial charge is 0.316 e. The molecule has 1 N–H and O–H groups in total. The monoisotopic (exact) mass is 263 g/mol. The summed E-state index contributed by atoms with van der Waals surface area (Å²) in [7, 11) is 0. The number of nitrogens with one attached hydrogen (secondary N) is 1. The van der Waals surface area contributed by atoms with Gasteiger partial charge in [-0.25, -0.2) is 4.39 Å². The Bertz CT molecular complexity index is 404. The van der Waals surface area contributed by atoms with E-state index in [-0.39, 0.29) is 5.82 Å². The number of rotatable bonds is 5. The van der Waals surface area contributed by atoms with Crippen LogP contribution in [0.4, 0.5) is 4.39 Å². The molecule has 0 radical (unpaired) electrons. The Kier molecular flexibility index (Phi) is 4.98. The van der Waals surface area contributed by atoms with Crippen LogP contribution in [-0.4, -0.2) is 13.1 Å². The van der Waals surface area contributed by atoms with Crippen molar-refractivity contribution in [2.75, 3.05) is 13.1 Å². The maximum Gasteiger partial charge on any atom is 0.123 e. The van der Waals surface area contributed by atoms with Crippen LogP contribution >= 0.6 is 0 Å². The molecule has 1 fully saturated rings. The van der Waals surface area contributed by atoms with Gasteiger partial charge in [-0.15, -0.1) is 0 Å². The molecule has 2 rings (SSSR count). The molecule has 1 aromatic carbocycles. The summed E-state index contributed by atoms with van der Waals surface area (Å²) in [5, 5.41) is 3.50. The van der Waals surface area contributed by atoms with Crippen LogP contribution in [0.15, 0.2) is 24.3 Å². The van der Waals surface area contributed by atoms with E-state index < -0.39 is 0 Å². The quantitative estimate of drug-likeness (QED) is 0.825. The van der Waals surface area contributed by atoms with Crippen molar-refractivity contribution >= 4 is 0 Å². The van der Waals surface area contributed by atoms with E-state index in [1.165, 1.54) is 37.7 Å². The van der Waals surface area contributed by atoms with Crippen LogP contribution in [0.2, 0.25) is 0 Å². The van der Waals surface area contributed by atoms with Crippen molar-refractivity contribution in [3.63, 3.8) is 0 Å². The normalized spacial score (nSPS) is 27.4. The van der Waals surface area contributed by atoms with E-state index in [2.05, 4.69) is 25.2 Å². The molecule has 2 heteroatoms. The van der Waals surface area contributed by atoms with Crippen molar-refractivity contribution in [2.45, 2.75) is 51.9 Å². The Morgan fingerprint density at radius 3 is 2.89 bits per heavy atom. The van der Waals surface area contributed by atoms with E-state index in [4.69, 9.17) is 0 Å². The first-order valence-corrected chi connectivity index (χ1v) is 7.68. The van der Waals surface area contributed by atoms with Crippen molar-refractivity contribution in [3.05, 3.63) is 35.6 Å². The topological polar surface area (TPSA) is 12.0 Å². The van der Waals surface area contributed by atoms with Gasteiger partial charge in [-0.3, -0.25) is 0 Å². The minimum absolute atomic E-state index is 0.108. The third-order valence-corrected chi connectivity index (χ3v) is 4.87. The molecule has 0 aliphatic carbocycles. The zero-order chi connectivity index (χ0) is 13.7. The number of benzene rings is 1. The zero-order valence-corrected chi connectivity index (χ0v) is 12.2. The Morgan fingerprint density at radius 1 is 1.37 bits per heavy atom. The summed E-state index contributed by atoms with van der Waals surface area (Å²) in [5.41, 5.74) is 1.53. The summed E-state index contributed by atoms with van der Waals surface area (Å²) in [5.74, 6) is 0.345. The van der Waals surface area contributed by atoms with E-state index in [0.717, 1.165) is 13.1 Å². The molecule has 2 unspecified atom stereocenters. The lowest BCUT2D eigenvalue weighted by molar-refractivity contribution is 0.136. The van der Waals surface area contributed by atoms with Crippen LogP contribution in [0.25, 0.3) is 0 Å². The second-order valence-corrected chi connectivity index (χ2v) is 5.88. The van der Waals surface area contributed by atoms with Gasteiger partial charge in [0, 0.05) is 12.5 Å². The molecular weight excluding hydrogens is 237 g/mol. The summed E-state index contributed by atoms with van der Waals surface area (Å²) < 4.78 is 13.5. The van der Waals surface area contributed by atoms with Gasteiger partial charge in [0.2, 0.25) is 0 Å². The van der Waals surface area contributed by atoms with Crippen LogP contribution in [0.3, 0.4) is 0 Å². The van der Waals surface area contributed by atoms with E-state index in [9.17, 15) is 4.39 Å². The van der Waals surface area contributed by atoms with Crippen LogP contribution < -0.4 is 5.32 Å². The average molecular weight is 263 g/mol. The highest BCUT2D eigenvalue weighted by Crippen LogP contribution is 2.47. The van der Waals surface area contributed by atoms with Crippen molar-refractivity contribution in [3.8, 4) is 0 Å². The van der Waals surface area contributed by atoms with E-state index >= 15 is 0 Å². The fourth-order valence-electron chi connectivity index (χ4n) is 3.60. The maximum atomic E-state index is 13.5. The molecular formula is C17H26FN. The predicted octanol–water partition coefficient (Wildman–Crippen LogP) is 4.49. The van der Waals surface area contributed by atoms with Gasteiger partial charge in [-0.2, -0.15) is 0 Å². The lowest BCUT2D eigenvalue weighted by Gasteiger charge is -2.45. The Morgan fingerprint density at radius 2 is 2.21 bits per heavy atom. The highest BCUT2D eigenvalue weighted by Gasteiger charge is 2.39. The van der Waals surface area contributed by atoms with Crippen molar-refractivity contribution in [1.29, 1.82) is 0 Å². The highest BCUT2D eigenvalue weighted by atomic mass is 19.1. The number of halogens is 1. The van der Waals surface area contributed by atoms with Crippen molar-refractivity contribution in [2.24, 2.45) is 5.41 Å². The first kappa shape index (κ1) is 14.5. The van der Waals surface area contributed by atoms with Gasteiger partial charge in [-0.05, 0) is 48.9 Å².